The summed E-state index contributed by atoms with van der Waals surface area (Å²) in [5.74, 6) is 1.62. The molecule has 2 aromatic carbocycles. The summed E-state index contributed by atoms with van der Waals surface area (Å²) >= 11 is 1.37. The Morgan fingerprint density at radius 1 is 1.21 bits per heavy atom. The Morgan fingerprint density at radius 3 is 2.71 bits per heavy atom. The van der Waals surface area contributed by atoms with Crippen LogP contribution in [0.25, 0.3) is 10.8 Å². The Bertz CT molecular complexity index is 957. The van der Waals surface area contributed by atoms with E-state index in [4.69, 9.17) is 4.74 Å². The lowest BCUT2D eigenvalue weighted by molar-refractivity contribution is -0.127. The van der Waals surface area contributed by atoms with Crippen LogP contribution in [-0.2, 0) is 17.9 Å². The first-order valence-corrected chi connectivity index (χ1v) is 10.1. The molecule has 0 saturated heterocycles. The maximum Gasteiger partial charge on any atom is 0.233 e. The Balaban J connectivity index is 1.59. The molecule has 0 bridgehead atoms. The van der Waals surface area contributed by atoms with Crippen molar-refractivity contribution in [2.24, 2.45) is 5.92 Å². The molecule has 0 fully saturated rings. The highest BCUT2D eigenvalue weighted by Gasteiger charge is 2.14. The third kappa shape index (κ3) is 5.01. The molecule has 1 heterocycles. The molecule has 0 aliphatic carbocycles. The maximum absolute atomic E-state index is 12.5. The molecule has 1 amide bonds. The van der Waals surface area contributed by atoms with Gasteiger partial charge in [0.25, 0.3) is 0 Å². The van der Waals surface area contributed by atoms with Gasteiger partial charge < -0.3 is 9.64 Å². The third-order valence-corrected chi connectivity index (χ3v) is 5.26. The van der Waals surface area contributed by atoms with Gasteiger partial charge in [0.1, 0.15) is 5.75 Å². The van der Waals surface area contributed by atoms with Gasteiger partial charge >= 0.3 is 0 Å². The van der Waals surface area contributed by atoms with Crippen LogP contribution in [-0.4, -0.2) is 50.9 Å². The van der Waals surface area contributed by atoms with Crippen LogP contribution in [0, 0.1) is 5.92 Å². The molecule has 0 N–H and O–H groups in total. The molecular formula is C20H25N5O2S. The fraction of sp³-hybridized carbons (Fsp3) is 0.400. The molecule has 0 radical (unpaired) electrons. The zero-order valence-corrected chi connectivity index (χ0v) is 17.4. The van der Waals surface area contributed by atoms with Crippen molar-refractivity contribution in [1.82, 2.24) is 25.1 Å². The molecule has 7 nitrogen and oxygen atoms in total. The minimum absolute atomic E-state index is 0.0407. The van der Waals surface area contributed by atoms with Crippen molar-refractivity contribution in [3.05, 3.63) is 42.0 Å². The van der Waals surface area contributed by atoms with Crippen LogP contribution in [0.3, 0.4) is 0 Å². The molecule has 0 aliphatic rings. The highest BCUT2D eigenvalue weighted by atomic mass is 32.2. The molecule has 148 valence electrons. The van der Waals surface area contributed by atoms with Crippen LogP contribution in [0.15, 0.2) is 41.6 Å². The molecule has 3 aromatic rings. The number of tetrazole rings is 1. The highest BCUT2D eigenvalue weighted by molar-refractivity contribution is 7.99. The number of rotatable bonds is 8. The largest absolute Gasteiger partial charge is 0.497 e. The van der Waals surface area contributed by atoms with Crippen molar-refractivity contribution in [1.29, 1.82) is 0 Å². The van der Waals surface area contributed by atoms with Gasteiger partial charge in [-0.1, -0.05) is 43.8 Å². The van der Waals surface area contributed by atoms with Crippen molar-refractivity contribution in [3.63, 3.8) is 0 Å². The van der Waals surface area contributed by atoms with Crippen LogP contribution < -0.4 is 4.74 Å². The number of hydrogen-bond acceptors (Lipinski definition) is 6. The second kappa shape index (κ2) is 9.05. The average molecular weight is 400 g/mol. The van der Waals surface area contributed by atoms with Crippen molar-refractivity contribution in [2.75, 3.05) is 19.9 Å². The molecule has 0 unspecified atom stereocenters. The molecule has 0 aliphatic heterocycles. The van der Waals surface area contributed by atoms with Gasteiger partial charge in [0, 0.05) is 20.1 Å². The van der Waals surface area contributed by atoms with Gasteiger partial charge in [-0.05, 0) is 50.9 Å². The van der Waals surface area contributed by atoms with E-state index < -0.39 is 0 Å². The Hall–Kier alpha value is -2.61. The SMILES string of the molecule is COc1ccc2cc(CN(C)C(=O)CSc3nnnn3CC(C)C)ccc2c1. The summed E-state index contributed by atoms with van der Waals surface area (Å²) in [6.45, 7) is 5.50. The molecule has 1 aromatic heterocycles. The van der Waals surface area contributed by atoms with Crippen LogP contribution >= 0.6 is 11.8 Å². The standard InChI is InChI=1S/C20H25N5O2S/c1-14(2)11-25-20(21-22-23-25)28-13-19(26)24(3)12-15-5-6-17-10-18(27-4)8-7-16(17)9-15/h5-10,14H,11-13H2,1-4H3. The minimum Gasteiger partial charge on any atom is -0.497 e. The minimum atomic E-state index is 0.0407. The van der Waals surface area contributed by atoms with Gasteiger partial charge in [-0.15, -0.1) is 5.10 Å². The monoisotopic (exact) mass is 399 g/mol. The van der Waals surface area contributed by atoms with Gasteiger partial charge in [-0.3, -0.25) is 4.79 Å². The first-order chi connectivity index (χ1) is 13.5. The molecule has 0 atom stereocenters. The van der Waals surface area contributed by atoms with E-state index in [9.17, 15) is 4.79 Å². The molecular weight excluding hydrogens is 374 g/mol. The maximum atomic E-state index is 12.5. The van der Waals surface area contributed by atoms with Crippen LogP contribution in [0.1, 0.15) is 19.4 Å². The lowest BCUT2D eigenvalue weighted by Crippen LogP contribution is -2.28. The summed E-state index contributed by atoms with van der Waals surface area (Å²) < 4.78 is 7.01. The molecule has 0 saturated carbocycles. The number of aromatic nitrogens is 4. The van der Waals surface area contributed by atoms with Crippen molar-refractivity contribution in [3.8, 4) is 5.75 Å². The average Bonchev–Trinajstić information content (AvgIpc) is 3.11. The number of benzene rings is 2. The first-order valence-electron chi connectivity index (χ1n) is 9.16. The summed E-state index contributed by atoms with van der Waals surface area (Å²) in [5.41, 5.74) is 1.09. The topological polar surface area (TPSA) is 73.1 Å². The summed E-state index contributed by atoms with van der Waals surface area (Å²) in [7, 11) is 3.48. The number of nitrogens with zero attached hydrogens (tertiary/aromatic N) is 5. The number of amides is 1. The van der Waals surface area contributed by atoms with Crippen molar-refractivity contribution >= 4 is 28.4 Å². The quantitative estimate of drug-likeness (QED) is 0.542. The fourth-order valence-corrected chi connectivity index (χ4v) is 3.68. The number of carbonyl (C=O) groups excluding carboxylic acids is 1. The second-order valence-corrected chi connectivity index (χ2v) is 8.07. The summed E-state index contributed by atoms with van der Waals surface area (Å²) in [5, 5.41) is 14.6. The second-order valence-electron chi connectivity index (χ2n) is 7.12. The normalized spacial score (nSPS) is 11.2. The van der Waals surface area contributed by atoms with E-state index >= 15 is 0 Å². The summed E-state index contributed by atoms with van der Waals surface area (Å²) in [6.07, 6.45) is 0. The predicted octanol–water partition coefficient (Wildman–Crippen LogP) is 3.24. The van der Waals surface area contributed by atoms with Gasteiger partial charge in [-0.2, -0.15) is 0 Å². The van der Waals surface area contributed by atoms with Gasteiger partial charge in [0.15, 0.2) is 0 Å². The number of fused-ring (bicyclic) bond motifs is 1. The number of carbonyl (C=O) groups is 1. The zero-order valence-electron chi connectivity index (χ0n) is 16.6. The first kappa shape index (κ1) is 20.1. The molecule has 8 heteroatoms. The van der Waals surface area contributed by atoms with E-state index in [1.165, 1.54) is 11.8 Å². The van der Waals surface area contributed by atoms with E-state index in [2.05, 4.69) is 41.5 Å². The van der Waals surface area contributed by atoms with E-state index in [1.54, 1.807) is 16.7 Å². The number of ether oxygens (including phenoxy) is 1. The smallest absolute Gasteiger partial charge is 0.233 e. The van der Waals surface area contributed by atoms with E-state index in [-0.39, 0.29) is 5.91 Å². The fourth-order valence-electron chi connectivity index (χ4n) is 2.86. The Morgan fingerprint density at radius 2 is 1.96 bits per heavy atom. The number of methoxy groups -OCH3 is 1. The summed E-state index contributed by atoms with van der Waals surface area (Å²) in [4.78, 5) is 14.3. The van der Waals surface area contributed by atoms with E-state index in [0.29, 0.717) is 23.4 Å². The van der Waals surface area contributed by atoms with Gasteiger partial charge in [-0.25, -0.2) is 4.68 Å². The zero-order chi connectivity index (χ0) is 20.1. The highest BCUT2D eigenvalue weighted by Crippen LogP contribution is 2.22. The van der Waals surface area contributed by atoms with Crippen LogP contribution in [0.5, 0.6) is 5.75 Å². The van der Waals surface area contributed by atoms with Crippen LogP contribution in [0.2, 0.25) is 0 Å². The molecule has 28 heavy (non-hydrogen) atoms. The van der Waals surface area contributed by atoms with Gasteiger partial charge in [0.05, 0.1) is 12.9 Å². The number of hydrogen-bond donors (Lipinski definition) is 0. The molecule has 0 spiro atoms. The van der Waals surface area contributed by atoms with Crippen molar-refractivity contribution in [2.45, 2.75) is 32.1 Å². The Kier molecular flexibility index (Phi) is 6.51. The third-order valence-electron chi connectivity index (χ3n) is 4.32. The lowest BCUT2D eigenvalue weighted by Gasteiger charge is -2.17. The lowest BCUT2D eigenvalue weighted by atomic mass is 10.1. The van der Waals surface area contributed by atoms with E-state index in [1.807, 2.05) is 31.3 Å². The van der Waals surface area contributed by atoms with Crippen LogP contribution in [0.4, 0.5) is 0 Å². The number of thioether (sulfide) groups is 1. The summed E-state index contributed by atoms with van der Waals surface area (Å²) in [6, 6.07) is 12.2. The molecule has 3 rings (SSSR count). The van der Waals surface area contributed by atoms with E-state index in [0.717, 1.165) is 28.6 Å². The van der Waals surface area contributed by atoms with Gasteiger partial charge in [0.2, 0.25) is 11.1 Å². The Labute approximate surface area is 169 Å². The van der Waals surface area contributed by atoms with Crippen molar-refractivity contribution < 1.29 is 9.53 Å². The predicted molar refractivity (Wildman–Crippen MR) is 110 cm³/mol.